The fourth-order valence-electron chi connectivity index (χ4n) is 2.07. The summed E-state index contributed by atoms with van der Waals surface area (Å²) in [4.78, 5) is 24.8. The van der Waals surface area contributed by atoms with E-state index in [1.807, 2.05) is 24.3 Å². The van der Waals surface area contributed by atoms with E-state index in [2.05, 4.69) is 10.6 Å². The summed E-state index contributed by atoms with van der Waals surface area (Å²) in [6, 6.07) is 6.85. The number of benzene rings is 1. The van der Waals surface area contributed by atoms with Gasteiger partial charge in [-0.25, -0.2) is 4.79 Å². The third-order valence-electron chi connectivity index (χ3n) is 3.07. The molecule has 1 atom stereocenters. The lowest BCUT2D eigenvalue weighted by Crippen LogP contribution is -2.41. The minimum Gasteiger partial charge on any atom is -0.497 e. The Labute approximate surface area is 111 Å². The van der Waals surface area contributed by atoms with Crippen molar-refractivity contribution in [2.24, 2.45) is 0 Å². The summed E-state index contributed by atoms with van der Waals surface area (Å²) in [5.41, 5.74) is 0.812. The highest BCUT2D eigenvalue weighted by Gasteiger charge is 2.31. The molecule has 1 aliphatic rings. The average molecular weight is 263 g/mol. The maximum absolute atomic E-state index is 11.9. The fraction of sp³-hybridized carbons (Fsp3) is 0.385. The molecule has 0 radical (unpaired) electrons. The predicted octanol–water partition coefficient (Wildman–Crippen LogP) is 0.729. The average Bonchev–Trinajstić information content (AvgIpc) is 2.79. The van der Waals surface area contributed by atoms with Crippen LogP contribution in [-0.2, 0) is 4.79 Å². The lowest BCUT2D eigenvalue weighted by molar-refractivity contribution is -0.117. The molecule has 1 aliphatic heterocycles. The van der Waals surface area contributed by atoms with Gasteiger partial charge in [-0.15, -0.1) is 0 Å². The van der Waals surface area contributed by atoms with Gasteiger partial charge < -0.3 is 20.3 Å². The van der Waals surface area contributed by atoms with Crippen molar-refractivity contribution in [3.05, 3.63) is 24.3 Å². The normalized spacial score (nSPS) is 18.3. The van der Waals surface area contributed by atoms with Crippen molar-refractivity contribution in [2.75, 3.05) is 25.6 Å². The highest BCUT2D eigenvalue weighted by molar-refractivity contribution is 5.96. The summed E-state index contributed by atoms with van der Waals surface area (Å²) in [5, 5.41) is 5.22. The van der Waals surface area contributed by atoms with E-state index in [0.717, 1.165) is 11.4 Å². The molecule has 1 saturated heterocycles. The minimum absolute atomic E-state index is 0.00608. The highest BCUT2D eigenvalue weighted by Crippen LogP contribution is 2.23. The van der Waals surface area contributed by atoms with Crippen LogP contribution in [0.3, 0.4) is 0 Å². The van der Waals surface area contributed by atoms with Crippen LogP contribution in [0, 0.1) is 0 Å². The maximum Gasteiger partial charge on any atom is 0.314 e. The van der Waals surface area contributed by atoms with Gasteiger partial charge in [0.05, 0.1) is 13.2 Å². The van der Waals surface area contributed by atoms with E-state index in [1.54, 1.807) is 19.1 Å². The lowest BCUT2D eigenvalue weighted by atomic mass is 10.2. The Morgan fingerprint density at radius 3 is 2.63 bits per heavy atom. The molecule has 1 aromatic carbocycles. The Kier molecular flexibility index (Phi) is 3.89. The van der Waals surface area contributed by atoms with Crippen LogP contribution in [0.2, 0.25) is 0 Å². The van der Waals surface area contributed by atoms with Crippen LogP contribution < -0.4 is 20.3 Å². The number of urea groups is 1. The van der Waals surface area contributed by atoms with Crippen LogP contribution in [0.1, 0.15) is 6.42 Å². The first-order valence-corrected chi connectivity index (χ1v) is 6.06. The van der Waals surface area contributed by atoms with E-state index in [4.69, 9.17) is 4.74 Å². The van der Waals surface area contributed by atoms with E-state index < -0.39 is 0 Å². The zero-order valence-corrected chi connectivity index (χ0v) is 11.0. The van der Waals surface area contributed by atoms with Crippen LogP contribution in [0.4, 0.5) is 10.5 Å². The van der Waals surface area contributed by atoms with Crippen molar-refractivity contribution < 1.29 is 14.3 Å². The van der Waals surface area contributed by atoms with Gasteiger partial charge in [-0.05, 0) is 24.3 Å². The third-order valence-corrected chi connectivity index (χ3v) is 3.07. The second-order valence-corrected chi connectivity index (χ2v) is 4.33. The molecular weight excluding hydrogens is 246 g/mol. The van der Waals surface area contributed by atoms with E-state index >= 15 is 0 Å². The van der Waals surface area contributed by atoms with Crippen molar-refractivity contribution >= 4 is 17.6 Å². The Hall–Kier alpha value is -2.24. The quantitative estimate of drug-likeness (QED) is 0.844. The standard InChI is InChI=1S/C13H17N3O3/c1-14-13(18)15-9-7-12(17)16(8-9)10-3-5-11(19-2)6-4-10/h3-6,9H,7-8H2,1-2H3,(H2,14,15,18). The number of carbonyl (C=O) groups is 2. The van der Waals surface area contributed by atoms with Crippen LogP contribution in [0.5, 0.6) is 5.75 Å². The van der Waals surface area contributed by atoms with Gasteiger partial charge in [0.15, 0.2) is 0 Å². The van der Waals surface area contributed by atoms with Crippen LogP contribution in [0.15, 0.2) is 24.3 Å². The number of methoxy groups -OCH3 is 1. The first-order chi connectivity index (χ1) is 9.13. The molecule has 1 unspecified atom stereocenters. The number of hydrogen-bond acceptors (Lipinski definition) is 3. The molecule has 1 heterocycles. The summed E-state index contributed by atoms with van der Waals surface area (Å²) in [5.74, 6) is 0.752. The first kappa shape index (κ1) is 13.2. The van der Waals surface area contributed by atoms with Crippen molar-refractivity contribution in [1.29, 1.82) is 0 Å². The van der Waals surface area contributed by atoms with Gasteiger partial charge in [0, 0.05) is 25.7 Å². The van der Waals surface area contributed by atoms with E-state index in [0.29, 0.717) is 13.0 Å². The van der Waals surface area contributed by atoms with Gasteiger partial charge in [0.1, 0.15) is 5.75 Å². The topological polar surface area (TPSA) is 70.7 Å². The molecule has 6 nitrogen and oxygen atoms in total. The minimum atomic E-state index is -0.269. The molecule has 1 fully saturated rings. The molecule has 0 bridgehead atoms. The number of amides is 3. The molecule has 0 aliphatic carbocycles. The van der Waals surface area contributed by atoms with E-state index in [-0.39, 0.29) is 18.0 Å². The molecular formula is C13H17N3O3. The van der Waals surface area contributed by atoms with Crippen LogP contribution >= 0.6 is 0 Å². The Morgan fingerprint density at radius 1 is 1.37 bits per heavy atom. The largest absolute Gasteiger partial charge is 0.497 e. The smallest absolute Gasteiger partial charge is 0.314 e. The third kappa shape index (κ3) is 2.96. The van der Waals surface area contributed by atoms with Crippen molar-refractivity contribution in [3.8, 4) is 5.75 Å². The second kappa shape index (κ2) is 5.60. The highest BCUT2D eigenvalue weighted by atomic mass is 16.5. The number of nitrogens with zero attached hydrogens (tertiary/aromatic N) is 1. The number of ether oxygens (including phenoxy) is 1. The molecule has 102 valence electrons. The van der Waals surface area contributed by atoms with E-state index in [1.165, 1.54) is 0 Å². The van der Waals surface area contributed by atoms with Gasteiger partial charge in [-0.3, -0.25) is 4.79 Å². The van der Waals surface area contributed by atoms with Gasteiger partial charge in [-0.1, -0.05) is 0 Å². The molecule has 3 amide bonds. The Bertz CT molecular complexity index is 473. The number of anilines is 1. The summed E-state index contributed by atoms with van der Waals surface area (Å²) < 4.78 is 5.08. The van der Waals surface area contributed by atoms with Gasteiger partial charge >= 0.3 is 6.03 Å². The number of rotatable bonds is 3. The molecule has 0 aromatic heterocycles. The van der Waals surface area contributed by atoms with Crippen molar-refractivity contribution in [3.63, 3.8) is 0 Å². The van der Waals surface area contributed by atoms with Crippen molar-refractivity contribution in [1.82, 2.24) is 10.6 Å². The summed E-state index contributed by atoms with van der Waals surface area (Å²) in [6.07, 6.45) is 0.319. The van der Waals surface area contributed by atoms with Crippen LogP contribution in [0.25, 0.3) is 0 Å². The summed E-state index contributed by atoms with van der Waals surface area (Å²) >= 11 is 0. The maximum atomic E-state index is 11.9. The molecule has 0 saturated carbocycles. The SMILES string of the molecule is CNC(=O)NC1CC(=O)N(c2ccc(OC)cc2)C1. The zero-order chi connectivity index (χ0) is 13.8. The molecule has 2 N–H and O–H groups in total. The summed E-state index contributed by atoms with van der Waals surface area (Å²) in [6.45, 7) is 0.485. The van der Waals surface area contributed by atoms with E-state index in [9.17, 15) is 9.59 Å². The molecule has 1 aromatic rings. The Morgan fingerprint density at radius 2 is 2.05 bits per heavy atom. The molecule has 6 heteroatoms. The van der Waals surface area contributed by atoms with Gasteiger partial charge in [-0.2, -0.15) is 0 Å². The molecule has 2 rings (SSSR count). The monoisotopic (exact) mass is 263 g/mol. The lowest BCUT2D eigenvalue weighted by Gasteiger charge is -2.17. The fourth-order valence-corrected chi connectivity index (χ4v) is 2.07. The molecule has 19 heavy (non-hydrogen) atoms. The number of hydrogen-bond donors (Lipinski definition) is 2. The zero-order valence-electron chi connectivity index (χ0n) is 11.0. The van der Waals surface area contributed by atoms with Gasteiger partial charge in [0.25, 0.3) is 0 Å². The molecule has 0 spiro atoms. The van der Waals surface area contributed by atoms with Gasteiger partial charge in [0.2, 0.25) is 5.91 Å². The summed E-state index contributed by atoms with van der Waals surface area (Å²) in [7, 11) is 3.15. The first-order valence-electron chi connectivity index (χ1n) is 6.06. The van der Waals surface area contributed by atoms with Crippen LogP contribution in [-0.4, -0.2) is 38.7 Å². The number of nitrogens with one attached hydrogen (secondary N) is 2. The predicted molar refractivity (Wildman–Crippen MR) is 71.3 cm³/mol. The Balaban J connectivity index is 2.04. The van der Waals surface area contributed by atoms with Crippen molar-refractivity contribution in [2.45, 2.75) is 12.5 Å². The second-order valence-electron chi connectivity index (χ2n) is 4.33. The number of carbonyl (C=O) groups excluding carboxylic acids is 2.